The maximum atomic E-state index is 12.7. The number of nitrogens with one attached hydrogen (secondary N) is 2. The van der Waals surface area contributed by atoms with Crippen molar-refractivity contribution in [3.05, 3.63) is 52.5 Å². The van der Waals surface area contributed by atoms with Gasteiger partial charge in [-0.1, -0.05) is 28.1 Å². The third kappa shape index (κ3) is 5.73. The van der Waals surface area contributed by atoms with Crippen molar-refractivity contribution < 1.29 is 19.1 Å². The van der Waals surface area contributed by atoms with E-state index in [9.17, 15) is 9.59 Å². The average molecular weight is 461 g/mol. The fourth-order valence-electron chi connectivity index (χ4n) is 3.12. The number of rotatable bonds is 5. The lowest BCUT2D eigenvalue weighted by atomic mass is 10.1. The highest BCUT2D eigenvalue weighted by Crippen LogP contribution is 2.48. The van der Waals surface area contributed by atoms with E-state index in [-0.39, 0.29) is 17.7 Å². The number of hydrogen-bond donors (Lipinski definition) is 2. The Morgan fingerprint density at radius 3 is 2.52 bits per heavy atom. The van der Waals surface area contributed by atoms with E-state index in [1.165, 1.54) is 7.11 Å². The molecule has 0 aliphatic heterocycles. The summed E-state index contributed by atoms with van der Waals surface area (Å²) in [4.78, 5) is 24.7. The third-order valence-electron chi connectivity index (χ3n) is 4.51. The van der Waals surface area contributed by atoms with Crippen molar-refractivity contribution in [3.8, 4) is 5.75 Å². The molecule has 29 heavy (non-hydrogen) atoms. The Labute approximate surface area is 179 Å². The Morgan fingerprint density at radius 1 is 1.10 bits per heavy atom. The van der Waals surface area contributed by atoms with Crippen LogP contribution >= 0.6 is 15.9 Å². The van der Waals surface area contributed by atoms with Crippen molar-refractivity contribution in [2.75, 3.05) is 17.7 Å². The summed E-state index contributed by atoms with van der Waals surface area (Å²) in [6, 6.07) is 13.1. The normalized spacial score (nSPS) is 18.0. The SMILES string of the molecule is COc1ccc(NC(=O)C2CC2c2cccc(Br)c2)cc1NC(=O)OC(C)(C)C. The van der Waals surface area contributed by atoms with Gasteiger partial charge in [0.1, 0.15) is 11.4 Å². The lowest BCUT2D eigenvalue weighted by Crippen LogP contribution is -2.27. The Balaban J connectivity index is 1.67. The van der Waals surface area contributed by atoms with Gasteiger partial charge < -0.3 is 14.8 Å². The van der Waals surface area contributed by atoms with Crippen molar-refractivity contribution in [3.63, 3.8) is 0 Å². The summed E-state index contributed by atoms with van der Waals surface area (Å²) in [6.45, 7) is 5.37. The van der Waals surface area contributed by atoms with Gasteiger partial charge in [-0.05, 0) is 69.0 Å². The number of amides is 2. The van der Waals surface area contributed by atoms with Gasteiger partial charge in [-0.25, -0.2) is 4.79 Å². The standard InChI is InChI=1S/C22H25BrN2O4/c1-22(2,3)29-21(27)25-18-11-15(8-9-19(18)28-4)24-20(26)17-12-16(17)13-6-5-7-14(23)10-13/h5-11,16-17H,12H2,1-4H3,(H,24,26)(H,25,27). The zero-order chi connectivity index (χ0) is 21.2. The van der Waals surface area contributed by atoms with Crippen molar-refractivity contribution >= 4 is 39.3 Å². The zero-order valence-electron chi connectivity index (χ0n) is 16.9. The lowest BCUT2D eigenvalue weighted by Gasteiger charge is -2.20. The molecule has 0 heterocycles. The van der Waals surface area contributed by atoms with Crippen LogP contribution in [0, 0.1) is 5.92 Å². The summed E-state index contributed by atoms with van der Waals surface area (Å²) in [5.41, 5.74) is 1.55. The van der Waals surface area contributed by atoms with E-state index >= 15 is 0 Å². The van der Waals surface area contributed by atoms with Gasteiger partial charge in [0.05, 0.1) is 12.8 Å². The van der Waals surface area contributed by atoms with Gasteiger partial charge in [0, 0.05) is 16.1 Å². The van der Waals surface area contributed by atoms with Crippen molar-refractivity contribution in [1.82, 2.24) is 0 Å². The van der Waals surface area contributed by atoms with E-state index < -0.39 is 11.7 Å². The number of methoxy groups -OCH3 is 1. The van der Waals surface area contributed by atoms with Gasteiger partial charge in [0.25, 0.3) is 0 Å². The molecule has 1 fully saturated rings. The number of ether oxygens (including phenoxy) is 2. The fraction of sp³-hybridized carbons (Fsp3) is 0.364. The highest BCUT2D eigenvalue weighted by molar-refractivity contribution is 9.10. The second-order valence-electron chi connectivity index (χ2n) is 8.03. The molecule has 2 aromatic carbocycles. The van der Waals surface area contributed by atoms with Crippen molar-refractivity contribution in [1.29, 1.82) is 0 Å². The van der Waals surface area contributed by atoms with Crippen LogP contribution in [0.1, 0.15) is 38.7 Å². The number of benzene rings is 2. The van der Waals surface area contributed by atoms with E-state index in [1.54, 1.807) is 39.0 Å². The van der Waals surface area contributed by atoms with Crippen molar-refractivity contribution in [2.24, 2.45) is 5.92 Å². The quantitative estimate of drug-likeness (QED) is 0.613. The minimum absolute atomic E-state index is 0.0386. The maximum absolute atomic E-state index is 12.7. The molecule has 6 nitrogen and oxygen atoms in total. The van der Waals surface area contributed by atoms with Gasteiger partial charge in [-0.2, -0.15) is 0 Å². The highest BCUT2D eigenvalue weighted by atomic mass is 79.9. The summed E-state index contributed by atoms with van der Waals surface area (Å²) < 4.78 is 11.6. The van der Waals surface area contributed by atoms with Crippen LogP contribution in [-0.2, 0) is 9.53 Å². The molecule has 1 saturated carbocycles. The molecule has 2 unspecified atom stereocenters. The van der Waals surface area contributed by atoms with Gasteiger partial charge in [-0.15, -0.1) is 0 Å². The Morgan fingerprint density at radius 2 is 1.86 bits per heavy atom. The van der Waals surface area contributed by atoms with Gasteiger partial charge in [-0.3, -0.25) is 10.1 Å². The van der Waals surface area contributed by atoms with Crippen LogP contribution in [0.25, 0.3) is 0 Å². The number of halogens is 1. The van der Waals surface area contributed by atoms with Crippen molar-refractivity contribution in [2.45, 2.75) is 38.7 Å². The zero-order valence-corrected chi connectivity index (χ0v) is 18.5. The molecule has 0 bridgehead atoms. The van der Waals surface area contributed by atoms with Crippen LogP contribution in [0.4, 0.5) is 16.2 Å². The first kappa shape index (κ1) is 21.2. The first-order valence-electron chi connectivity index (χ1n) is 9.40. The van der Waals surface area contributed by atoms with Crippen LogP contribution < -0.4 is 15.4 Å². The van der Waals surface area contributed by atoms with E-state index in [1.807, 2.05) is 24.3 Å². The summed E-state index contributed by atoms with van der Waals surface area (Å²) in [5.74, 6) is 0.606. The first-order chi connectivity index (χ1) is 13.7. The average Bonchev–Trinajstić information content (AvgIpc) is 3.41. The van der Waals surface area contributed by atoms with Gasteiger partial charge in [0.15, 0.2) is 0 Å². The second-order valence-corrected chi connectivity index (χ2v) is 8.95. The summed E-state index contributed by atoms with van der Waals surface area (Å²) in [5, 5.41) is 5.61. The number of carbonyl (C=O) groups excluding carboxylic acids is 2. The van der Waals surface area contributed by atoms with Gasteiger partial charge >= 0.3 is 6.09 Å². The van der Waals surface area contributed by atoms with E-state index in [2.05, 4.69) is 26.6 Å². The summed E-state index contributed by atoms with van der Waals surface area (Å²) in [7, 11) is 1.51. The molecule has 0 aromatic heterocycles. The Hall–Kier alpha value is -2.54. The third-order valence-corrected chi connectivity index (χ3v) is 5.00. The maximum Gasteiger partial charge on any atom is 0.412 e. The first-order valence-corrected chi connectivity index (χ1v) is 10.2. The molecule has 1 aliphatic carbocycles. The molecule has 154 valence electrons. The molecule has 2 amide bonds. The summed E-state index contributed by atoms with van der Waals surface area (Å²) in [6.07, 6.45) is 0.234. The minimum atomic E-state index is -0.615. The minimum Gasteiger partial charge on any atom is -0.495 e. The van der Waals surface area contributed by atoms with Crippen LogP contribution in [0.15, 0.2) is 46.9 Å². The van der Waals surface area contributed by atoms with E-state index in [0.717, 1.165) is 16.5 Å². The monoisotopic (exact) mass is 460 g/mol. The van der Waals surface area contributed by atoms with Crippen LogP contribution in [0.2, 0.25) is 0 Å². The number of anilines is 2. The fourth-order valence-corrected chi connectivity index (χ4v) is 3.54. The molecule has 2 N–H and O–H groups in total. The molecule has 1 aliphatic rings. The smallest absolute Gasteiger partial charge is 0.412 e. The molecule has 2 aromatic rings. The second kappa shape index (κ2) is 8.45. The largest absolute Gasteiger partial charge is 0.495 e. The predicted octanol–water partition coefficient (Wildman–Crippen LogP) is 5.55. The summed E-state index contributed by atoms with van der Waals surface area (Å²) >= 11 is 3.47. The molecule has 7 heteroatoms. The highest BCUT2D eigenvalue weighted by Gasteiger charge is 2.44. The molecular formula is C22H25BrN2O4. The Bertz CT molecular complexity index is 923. The number of hydrogen-bond acceptors (Lipinski definition) is 4. The number of carbonyl (C=O) groups is 2. The molecule has 3 rings (SSSR count). The van der Waals surface area contributed by atoms with Crippen LogP contribution in [0.5, 0.6) is 5.75 Å². The van der Waals surface area contributed by atoms with E-state index in [0.29, 0.717) is 17.1 Å². The van der Waals surface area contributed by atoms with Gasteiger partial charge in [0.2, 0.25) is 5.91 Å². The topological polar surface area (TPSA) is 76.7 Å². The Kier molecular flexibility index (Phi) is 6.17. The lowest BCUT2D eigenvalue weighted by molar-refractivity contribution is -0.117. The molecular weight excluding hydrogens is 436 g/mol. The molecule has 0 radical (unpaired) electrons. The molecule has 0 saturated heterocycles. The van der Waals surface area contributed by atoms with Crippen LogP contribution in [0.3, 0.4) is 0 Å². The molecule has 2 atom stereocenters. The van der Waals surface area contributed by atoms with E-state index in [4.69, 9.17) is 9.47 Å². The predicted molar refractivity (Wildman–Crippen MR) is 116 cm³/mol. The molecule has 0 spiro atoms. The van der Waals surface area contributed by atoms with Crippen LogP contribution in [-0.4, -0.2) is 24.7 Å².